The second kappa shape index (κ2) is 8.60. The molecular weight excluding hydrogens is 308 g/mol. The van der Waals surface area contributed by atoms with Crippen molar-refractivity contribution < 1.29 is 9.00 Å². The molecule has 0 unspecified atom stereocenters. The molecule has 0 radical (unpaired) electrons. The lowest BCUT2D eigenvalue weighted by Crippen LogP contribution is -2.39. The van der Waals surface area contributed by atoms with Gasteiger partial charge in [-0.25, -0.2) is 0 Å². The van der Waals surface area contributed by atoms with Gasteiger partial charge in [0.1, 0.15) is 0 Å². The lowest BCUT2D eigenvalue weighted by molar-refractivity contribution is 0.0944. The zero-order valence-electron chi connectivity index (χ0n) is 14.4. The maximum absolute atomic E-state index is 12.1. The first-order valence-corrected chi connectivity index (χ1v) is 9.70. The van der Waals surface area contributed by atoms with Crippen LogP contribution in [0, 0.1) is 5.92 Å². The maximum Gasteiger partial charge on any atom is 0.251 e. The normalized spacial score (nSPS) is 18.1. The van der Waals surface area contributed by atoms with E-state index in [0.717, 1.165) is 30.4 Å². The molecule has 1 fully saturated rings. The minimum absolute atomic E-state index is 0.0581. The van der Waals surface area contributed by atoms with Gasteiger partial charge in [-0.15, -0.1) is 0 Å². The Labute approximate surface area is 142 Å². The van der Waals surface area contributed by atoms with Crippen molar-refractivity contribution in [1.29, 1.82) is 0 Å². The summed E-state index contributed by atoms with van der Waals surface area (Å²) in [7, 11) is -1.01. The third-order valence-corrected chi connectivity index (χ3v) is 5.96. The summed E-state index contributed by atoms with van der Waals surface area (Å²) in [5, 5.41) is 3.06. The Morgan fingerprint density at radius 1 is 1.26 bits per heavy atom. The lowest BCUT2D eigenvalue weighted by atomic mass is 9.99. The van der Waals surface area contributed by atoms with Crippen LogP contribution in [-0.2, 0) is 10.8 Å². The SMILES string of the molecule is CC1CCN(CCNC(=O)c2ccc([S@@](=O)C(C)C)cc2)CC1. The van der Waals surface area contributed by atoms with Crippen LogP contribution in [0.4, 0.5) is 0 Å². The van der Waals surface area contributed by atoms with Crippen LogP contribution >= 0.6 is 0 Å². The molecule has 0 spiro atoms. The van der Waals surface area contributed by atoms with Gasteiger partial charge < -0.3 is 10.2 Å². The minimum atomic E-state index is -1.01. The summed E-state index contributed by atoms with van der Waals surface area (Å²) in [4.78, 5) is 15.3. The molecule has 1 aliphatic rings. The summed E-state index contributed by atoms with van der Waals surface area (Å²) >= 11 is 0. The van der Waals surface area contributed by atoms with Crippen LogP contribution in [0.25, 0.3) is 0 Å². The van der Waals surface area contributed by atoms with Gasteiger partial charge in [-0.3, -0.25) is 9.00 Å². The van der Waals surface area contributed by atoms with E-state index < -0.39 is 10.8 Å². The fourth-order valence-corrected chi connectivity index (χ4v) is 3.68. The Bertz CT molecular complexity index is 534. The Kier molecular flexibility index (Phi) is 6.78. The second-order valence-electron chi connectivity index (χ2n) is 6.65. The number of benzene rings is 1. The largest absolute Gasteiger partial charge is 0.351 e. The van der Waals surface area contributed by atoms with E-state index in [4.69, 9.17) is 0 Å². The van der Waals surface area contributed by atoms with Crippen molar-refractivity contribution in [2.24, 2.45) is 5.92 Å². The van der Waals surface area contributed by atoms with Crippen LogP contribution in [0.2, 0.25) is 0 Å². The summed E-state index contributed by atoms with van der Waals surface area (Å²) in [6.07, 6.45) is 2.50. The van der Waals surface area contributed by atoms with E-state index in [1.165, 1.54) is 12.8 Å². The van der Waals surface area contributed by atoms with E-state index >= 15 is 0 Å². The molecule has 2 rings (SSSR count). The van der Waals surface area contributed by atoms with Crippen molar-refractivity contribution in [3.63, 3.8) is 0 Å². The molecule has 1 N–H and O–H groups in total. The predicted octanol–water partition coefficient (Wildman–Crippen LogP) is 2.66. The van der Waals surface area contributed by atoms with E-state index in [1.54, 1.807) is 24.3 Å². The van der Waals surface area contributed by atoms with Crippen LogP contribution in [0.5, 0.6) is 0 Å². The first-order chi connectivity index (χ1) is 11.0. The summed E-state index contributed by atoms with van der Waals surface area (Å²) in [6, 6.07) is 7.09. The first kappa shape index (κ1) is 18.1. The molecule has 1 heterocycles. The average molecular weight is 337 g/mol. The van der Waals surface area contributed by atoms with E-state index in [0.29, 0.717) is 12.1 Å². The molecule has 4 nitrogen and oxygen atoms in total. The van der Waals surface area contributed by atoms with Crippen molar-refractivity contribution in [2.45, 2.75) is 43.8 Å². The monoisotopic (exact) mass is 336 g/mol. The number of likely N-dealkylation sites (tertiary alicyclic amines) is 1. The molecule has 1 amide bonds. The van der Waals surface area contributed by atoms with Crippen molar-refractivity contribution >= 4 is 16.7 Å². The highest BCUT2D eigenvalue weighted by molar-refractivity contribution is 7.85. The molecule has 1 atom stereocenters. The number of hydrogen-bond donors (Lipinski definition) is 1. The summed E-state index contributed by atoms with van der Waals surface area (Å²) in [6.45, 7) is 10.0. The molecule has 128 valence electrons. The number of hydrogen-bond acceptors (Lipinski definition) is 3. The molecule has 1 aromatic rings. The standard InChI is InChI=1S/C18H28N2O2S/c1-14(2)23(22)17-6-4-16(5-7-17)18(21)19-10-13-20-11-8-15(3)9-12-20/h4-7,14-15H,8-13H2,1-3H3,(H,19,21)/t23-/m0/s1. The van der Waals surface area contributed by atoms with Crippen molar-refractivity contribution in [1.82, 2.24) is 10.2 Å². The Balaban J connectivity index is 1.78. The molecule has 23 heavy (non-hydrogen) atoms. The fraction of sp³-hybridized carbons (Fsp3) is 0.611. The molecule has 1 aromatic carbocycles. The predicted molar refractivity (Wildman–Crippen MR) is 95.2 cm³/mol. The van der Waals surface area contributed by atoms with Gasteiger partial charge in [-0.1, -0.05) is 20.8 Å². The van der Waals surface area contributed by atoms with E-state index in [-0.39, 0.29) is 11.2 Å². The number of nitrogens with one attached hydrogen (secondary N) is 1. The Morgan fingerprint density at radius 2 is 1.87 bits per heavy atom. The Morgan fingerprint density at radius 3 is 2.43 bits per heavy atom. The van der Waals surface area contributed by atoms with E-state index in [2.05, 4.69) is 17.1 Å². The van der Waals surface area contributed by atoms with Crippen LogP contribution in [0.15, 0.2) is 29.2 Å². The summed E-state index contributed by atoms with van der Waals surface area (Å²) in [5.74, 6) is 0.771. The summed E-state index contributed by atoms with van der Waals surface area (Å²) in [5.41, 5.74) is 0.627. The van der Waals surface area contributed by atoms with Gasteiger partial charge in [0.15, 0.2) is 0 Å². The van der Waals surface area contributed by atoms with E-state index in [9.17, 15) is 9.00 Å². The topological polar surface area (TPSA) is 49.4 Å². The van der Waals surface area contributed by atoms with Crippen LogP contribution in [0.3, 0.4) is 0 Å². The van der Waals surface area contributed by atoms with Gasteiger partial charge in [-0.2, -0.15) is 0 Å². The summed E-state index contributed by atoms with van der Waals surface area (Å²) < 4.78 is 12.0. The van der Waals surface area contributed by atoms with Crippen LogP contribution < -0.4 is 5.32 Å². The quantitative estimate of drug-likeness (QED) is 0.869. The van der Waals surface area contributed by atoms with Gasteiger partial charge in [-0.05, 0) is 56.1 Å². The number of piperidine rings is 1. The number of carbonyl (C=O) groups excluding carboxylic acids is 1. The lowest BCUT2D eigenvalue weighted by Gasteiger charge is -2.30. The van der Waals surface area contributed by atoms with Gasteiger partial charge >= 0.3 is 0 Å². The van der Waals surface area contributed by atoms with E-state index in [1.807, 2.05) is 13.8 Å². The first-order valence-electron chi connectivity index (χ1n) is 8.48. The molecule has 0 aromatic heterocycles. The van der Waals surface area contributed by atoms with Crippen molar-refractivity contribution in [2.75, 3.05) is 26.2 Å². The fourth-order valence-electron chi connectivity index (χ4n) is 2.73. The highest BCUT2D eigenvalue weighted by Gasteiger charge is 2.15. The zero-order chi connectivity index (χ0) is 16.8. The molecule has 1 saturated heterocycles. The smallest absolute Gasteiger partial charge is 0.251 e. The number of rotatable bonds is 6. The van der Waals surface area contributed by atoms with Crippen LogP contribution in [0.1, 0.15) is 44.0 Å². The maximum atomic E-state index is 12.1. The van der Waals surface area contributed by atoms with Gasteiger partial charge in [0, 0.05) is 28.8 Å². The highest BCUT2D eigenvalue weighted by atomic mass is 32.2. The zero-order valence-corrected chi connectivity index (χ0v) is 15.2. The van der Waals surface area contributed by atoms with Gasteiger partial charge in [0.25, 0.3) is 5.91 Å². The molecule has 0 aliphatic carbocycles. The highest BCUT2D eigenvalue weighted by Crippen LogP contribution is 2.15. The Hall–Kier alpha value is -1.20. The van der Waals surface area contributed by atoms with Crippen LogP contribution in [-0.4, -0.2) is 46.4 Å². The van der Waals surface area contributed by atoms with Gasteiger partial charge in [0.2, 0.25) is 0 Å². The second-order valence-corrected chi connectivity index (χ2v) is 8.66. The van der Waals surface area contributed by atoms with Gasteiger partial charge in [0.05, 0.1) is 10.8 Å². The number of carbonyl (C=O) groups is 1. The third-order valence-electron chi connectivity index (χ3n) is 4.37. The molecule has 1 aliphatic heterocycles. The average Bonchev–Trinajstić information content (AvgIpc) is 2.56. The molecular formula is C18H28N2O2S. The number of nitrogens with zero attached hydrogens (tertiary/aromatic N) is 1. The minimum Gasteiger partial charge on any atom is -0.351 e. The number of amides is 1. The molecule has 0 saturated carbocycles. The van der Waals surface area contributed by atoms with Crippen molar-refractivity contribution in [3.05, 3.63) is 29.8 Å². The third kappa shape index (κ3) is 5.43. The molecule has 5 heteroatoms. The van der Waals surface area contributed by atoms with Crippen molar-refractivity contribution in [3.8, 4) is 0 Å². The molecule has 0 bridgehead atoms.